The molecule has 25 heavy (non-hydrogen) atoms. The quantitative estimate of drug-likeness (QED) is 0.308. The molecule has 3 N–H and O–H groups in total. The van der Waals surface area contributed by atoms with E-state index in [2.05, 4.69) is 20.8 Å². The molecule has 3 unspecified atom stereocenters. The first-order chi connectivity index (χ1) is 12.0. The highest BCUT2D eigenvalue weighted by Crippen LogP contribution is 2.38. The van der Waals surface area contributed by atoms with Crippen LogP contribution in [0.2, 0.25) is 0 Å². The number of likely N-dealkylation sites (N-methyl/N-ethyl adjacent to an activating group) is 1. The normalized spacial score (nSPS) is 31.1. The van der Waals surface area contributed by atoms with Gasteiger partial charge in [-0.1, -0.05) is 11.3 Å². The molecule has 0 spiro atoms. The molecule has 2 fully saturated rings. The minimum atomic E-state index is -1.29. The molecular formula is C14H20FN7O2S. The largest absolute Gasteiger partial charge is 0.299 e. The smallest absolute Gasteiger partial charge is 0.275 e. The van der Waals surface area contributed by atoms with Crippen LogP contribution in [0.15, 0.2) is 28.4 Å². The third kappa shape index (κ3) is 3.99. The molecule has 2 heterocycles. The molecule has 1 aliphatic heterocycles. The molecule has 1 aromatic heterocycles. The zero-order valence-electron chi connectivity index (χ0n) is 13.7. The van der Waals surface area contributed by atoms with Crippen LogP contribution >= 0.6 is 11.9 Å². The third-order valence-electron chi connectivity index (χ3n) is 3.83. The molecule has 11 heteroatoms. The lowest BCUT2D eigenvalue weighted by Crippen LogP contribution is -2.58. The van der Waals surface area contributed by atoms with Gasteiger partial charge in [-0.3, -0.25) is 30.1 Å². The lowest BCUT2D eigenvalue weighted by atomic mass is 10.1. The molecule has 1 saturated heterocycles. The summed E-state index contributed by atoms with van der Waals surface area (Å²) in [5.41, 5.74) is 7.55. The topological polar surface area (TPSA) is 111 Å². The fourth-order valence-electron chi connectivity index (χ4n) is 2.32. The van der Waals surface area contributed by atoms with Crippen molar-refractivity contribution < 1.29 is 14.0 Å². The first kappa shape index (κ1) is 17.8. The summed E-state index contributed by atoms with van der Waals surface area (Å²) in [6.07, 6.45) is 5.80. The van der Waals surface area contributed by atoms with Gasteiger partial charge in [-0.15, -0.1) is 5.10 Å². The van der Waals surface area contributed by atoms with Crippen LogP contribution in [0.25, 0.3) is 0 Å². The highest BCUT2D eigenvalue weighted by Gasteiger charge is 2.45. The molecule has 136 valence electrons. The fraction of sp³-hybridized carbons (Fsp3) is 0.571. The van der Waals surface area contributed by atoms with E-state index in [9.17, 15) is 9.18 Å². The Morgan fingerprint density at radius 2 is 2.48 bits per heavy atom. The van der Waals surface area contributed by atoms with Crippen LogP contribution < -0.4 is 11.2 Å². The molecule has 0 aromatic carbocycles. The van der Waals surface area contributed by atoms with E-state index in [-0.39, 0.29) is 12.0 Å². The maximum atomic E-state index is 12.6. The first-order valence-electron chi connectivity index (χ1n) is 7.92. The molecule has 1 aromatic rings. The van der Waals surface area contributed by atoms with Crippen molar-refractivity contribution >= 4 is 24.2 Å². The molecule has 1 aliphatic carbocycles. The number of aromatic nitrogens is 3. The van der Waals surface area contributed by atoms with Crippen molar-refractivity contribution in [2.75, 3.05) is 13.1 Å². The SMILES string of the molecule is CCN1SC(=CCN=CNOC2CC2F)CC(N)(n2ccnn2)C1=O. The summed E-state index contributed by atoms with van der Waals surface area (Å²) in [6, 6.07) is 0. The number of nitrogens with zero attached hydrogens (tertiary/aromatic N) is 5. The van der Waals surface area contributed by atoms with Crippen LogP contribution in [0.1, 0.15) is 19.8 Å². The second-order valence-electron chi connectivity index (χ2n) is 5.73. The van der Waals surface area contributed by atoms with E-state index < -0.39 is 11.8 Å². The predicted molar refractivity (Wildman–Crippen MR) is 90.7 cm³/mol. The van der Waals surface area contributed by atoms with Crippen molar-refractivity contribution in [2.45, 2.75) is 37.7 Å². The van der Waals surface area contributed by atoms with Crippen LogP contribution in [-0.4, -0.2) is 56.9 Å². The van der Waals surface area contributed by atoms with E-state index in [1.807, 2.05) is 13.0 Å². The molecule has 0 bridgehead atoms. The van der Waals surface area contributed by atoms with Gasteiger partial charge in [0.25, 0.3) is 5.91 Å². The standard InChI is InChI=1S/C14H20FN7O2S/c1-2-21-13(23)14(16,22-6-5-18-20-22)8-10(25-21)3-4-17-9-19-24-12-7-11(12)15/h3,5-6,9,11-12H,2,4,7-8,16H2,1H3,(H,17,19). The van der Waals surface area contributed by atoms with Crippen molar-refractivity contribution in [3.05, 3.63) is 23.4 Å². The molecule has 2 aliphatic rings. The summed E-state index contributed by atoms with van der Waals surface area (Å²) < 4.78 is 15.6. The number of amides is 1. The van der Waals surface area contributed by atoms with E-state index in [0.717, 1.165) is 4.91 Å². The zero-order chi connectivity index (χ0) is 17.9. The maximum absolute atomic E-state index is 12.6. The van der Waals surface area contributed by atoms with Gasteiger partial charge < -0.3 is 0 Å². The number of hydrogen-bond acceptors (Lipinski definition) is 7. The summed E-state index contributed by atoms with van der Waals surface area (Å²) >= 11 is 1.35. The molecule has 3 rings (SSSR count). The van der Waals surface area contributed by atoms with Gasteiger partial charge in [-0.05, 0) is 18.9 Å². The average Bonchev–Trinajstić information content (AvgIpc) is 3.06. The average molecular weight is 369 g/mol. The first-order valence-corrected chi connectivity index (χ1v) is 8.70. The third-order valence-corrected chi connectivity index (χ3v) is 5.02. The van der Waals surface area contributed by atoms with Gasteiger partial charge in [-0.25, -0.2) is 9.07 Å². The summed E-state index contributed by atoms with van der Waals surface area (Å²) in [5, 5.41) is 7.62. The van der Waals surface area contributed by atoms with E-state index in [4.69, 9.17) is 10.6 Å². The summed E-state index contributed by atoms with van der Waals surface area (Å²) in [7, 11) is 0. The molecule has 0 radical (unpaired) electrons. The number of rotatable bonds is 7. The van der Waals surface area contributed by atoms with Crippen LogP contribution in [0.3, 0.4) is 0 Å². The van der Waals surface area contributed by atoms with Gasteiger partial charge in [0, 0.05) is 30.5 Å². The second-order valence-corrected chi connectivity index (χ2v) is 6.88. The Morgan fingerprint density at radius 3 is 3.12 bits per heavy atom. The second kappa shape index (κ2) is 7.50. The minimum Gasteiger partial charge on any atom is -0.299 e. The number of aliphatic imine (C=N–C) groups is 1. The monoisotopic (exact) mass is 369 g/mol. The Morgan fingerprint density at radius 1 is 1.68 bits per heavy atom. The Kier molecular flexibility index (Phi) is 5.35. The number of hydrogen-bond donors (Lipinski definition) is 2. The lowest BCUT2D eigenvalue weighted by Gasteiger charge is -2.38. The van der Waals surface area contributed by atoms with E-state index >= 15 is 0 Å². The molecule has 3 atom stereocenters. The predicted octanol–water partition coefficient (Wildman–Crippen LogP) is 0.334. The number of hydroxylamine groups is 1. The van der Waals surface area contributed by atoms with E-state index in [0.29, 0.717) is 25.9 Å². The number of carbonyl (C=O) groups excluding carboxylic acids is 1. The highest BCUT2D eigenvalue weighted by molar-refractivity contribution is 8.01. The van der Waals surface area contributed by atoms with Gasteiger partial charge in [-0.2, -0.15) is 0 Å². The zero-order valence-corrected chi connectivity index (χ0v) is 14.5. The van der Waals surface area contributed by atoms with E-state index in [1.54, 1.807) is 10.5 Å². The molecule has 9 nitrogen and oxygen atoms in total. The maximum Gasteiger partial charge on any atom is 0.275 e. The minimum absolute atomic E-state index is 0.216. The van der Waals surface area contributed by atoms with Crippen molar-refractivity contribution in [3.8, 4) is 0 Å². The summed E-state index contributed by atoms with van der Waals surface area (Å²) in [6.45, 7) is 2.77. The Hall–Kier alpha value is -1.98. The molecule has 1 saturated carbocycles. The number of halogens is 1. The van der Waals surface area contributed by atoms with Crippen molar-refractivity contribution in [1.29, 1.82) is 0 Å². The Balaban J connectivity index is 1.60. The number of nitrogens with two attached hydrogens (primary N) is 1. The number of carbonyl (C=O) groups is 1. The number of nitrogens with one attached hydrogen (secondary N) is 1. The van der Waals surface area contributed by atoms with Gasteiger partial charge in [0.05, 0.1) is 12.7 Å². The van der Waals surface area contributed by atoms with Crippen molar-refractivity contribution in [1.82, 2.24) is 24.8 Å². The van der Waals surface area contributed by atoms with Crippen LogP contribution in [0.4, 0.5) is 4.39 Å². The van der Waals surface area contributed by atoms with Gasteiger partial charge in [0.1, 0.15) is 18.6 Å². The summed E-state index contributed by atoms with van der Waals surface area (Å²) in [4.78, 5) is 22.6. The van der Waals surface area contributed by atoms with Crippen molar-refractivity contribution in [3.63, 3.8) is 0 Å². The summed E-state index contributed by atoms with van der Waals surface area (Å²) in [5.74, 6) is -0.216. The van der Waals surface area contributed by atoms with Gasteiger partial charge in [0.15, 0.2) is 5.66 Å². The van der Waals surface area contributed by atoms with Gasteiger partial charge >= 0.3 is 0 Å². The van der Waals surface area contributed by atoms with Crippen LogP contribution in [0.5, 0.6) is 0 Å². The van der Waals surface area contributed by atoms with Crippen LogP contribution in [-0.2, 0) is 15.3 Å². The Bertz CT molecular complexity index is 668. The van der Waals surface area contributed by atoms with E-state index in [1.165, 1.54) is 29.2 Å². The fourth-order valence-corrected chi connectivity index (χ4v) is 3.40. The lowest BCUT2D eigenvalue weighted by molar-refractivity contribution is -0.136. The van der Waals surface area contributed by atoms with Crippen LogP contribution in [0, 0.1) is 0 Å². The highest BCUT2D eigenvalue weighted by atomic mass is 32.2. The molecular weight excluding hydrogens is 349 g/mol. The number of alkyl halides is 1. The Labute approximate surface area is 148 Å². The van der Waals surface area contributed by atoms with Gasteiger partial charge in [0.2, 0.25) is 0 Å². The van der Waals surface area contributed by atoms with Crippen molar-refractivity contribution in [2.24, 2.45) is 10.7 Å². The molecule has 1 amide bonds.